The third-order valence-electron chi connectivity index (χ3n) is 10.8. The lowest BCUT2D eigenvalue weighted by Gasteiger charge is -2.36. The van der Waals surface area contributed by atoms with Gasteiger partial charge >= 0.3 is 11.8 Å². The lowest BCUT2D eigenvalue weighted by Crippen LogP contribution is -2.48. The number of halogens is 8. The summed E-state index contributed by atoms with van der Waals surface area (Å²) in [5, 5.41) is 36.1. The van der Waals surface area contributed by atoms with Crippen LogP contribution < -0.4 is 14.4 Å². The predicted molar refractivity (Wildman–Crippen MR) is 242 cm³/mol. The minimum Gasteiger partial charge on any atom is -0.456 e. The van der Waals surface area contributed by atoms with Crippen LogP contribution in [0.4, 0.5) is 46.5 Å². The zero-order chi connectivity index (χ0) is 53.3. The van der Waals surface area contributed by atoms with E-state index in [0.29, 0.717) is 64.0 Å². The lowest BCUT2D eigenvalue weighted by atomic mass is 9.84. The standard InChI is InChI=1S/C29H18F4N6O3.C21H14F4N5O2/c1-34-20-8-10-21(11-9-20)42-22-12-14-25(35-16-22)29(32,33)28(41,23-13-7-19(30)15-24(23)31)17-39-27(36-37-38-39)26(40)18-5-3-2-4-6-18;1-27-14-3-5-15(6-4-14)32-16-7-9-19(28-11-16)21(24,25)20(31,12-29-30-26)17-8-2-13(22)10-18(17)23/h2-16,41H,17H2;2-11,26,31H,12H2/q;+1. The van der Waals surface area contributed by atoms with Gasteiger partial charge in [0.2, 0.25) is 16.5 Å². The molecule has 0 spiro atoms. The van der Waals surface area contributed by atoms with E-state index >= 15 is 17.6 Å². The summed E-state index contributed by atoms with van der Waals surface area (Å²) >= 11 is 0. The van der Waals surface area contributed by atoms with Crippen molar-refractivity contribution in [1.29, 1.82) is 5.53 Å². The molecule has 3 heterocycles. The fourth-order valence-corrected chi connectivity index (χ4v) is 7.03. The molecule has 0 amide bonds. The van der Waals surface area contributed by atoms with Crippen molar-refractivity contribution in [3.8, 4) is 23.0 Å². The fraction of sp³-hybridized carbons (Fsp3) is 0.120. The fourth-order valence-electron chi connectivity index (χ4n) is 7.03. The van der Waals surface area contributed by atoms with E-state index in [1.165, 1.54) is 60.7 Å². The minimum absolute atomic E-state index is 0.0536. The van der Waals surface area contributed by atoms with Crippen molar-refractivity contribution in [3.05, 3.63) is 232 Å². The lowest BCUT2D eigenvalue weighted by molar-refractivity contribution is -0.207. The van der Waals surface area contributed by atoms with Gasteiger partial charge in [0.05, 0.1) is 32.1 Å². The largest absolute Gasteiger partial charge is 0.456 e. The molecule has 8 aromatic rings. The van der Waals surface area contributed by atoms with Crippen LogP contribution in [0.3, 0.4) is 0 Å². The highest BCUT2D eigenvalue weighted by atomic mass is 19.3. The number of nitrogens with one attached hydrogen (secondary N) is 1. The molecule has 0 bridgehead atoms. The van der Waals surface area contributed by atoms with Crippen LogP contribution in [0.15, 0.2) is 157 Å². The Morgan fingerprint density at radius 3 is 1.53 bits per heavy atom. The molecule has 0 aliphatic heterocycles. The number of aliphatic hydroxyl groups is 2. The summed E-state index contributed by atoms with van der Waals surface area (Å²) in [5.74, 6) is -14.0. The van der Waals surface area contributed by atoms with Gasteiger partial charge in [0.25, 0.3) is 0 Å². The van der Waals surface area contributed by atoms with Crippen molar-refractivity contribution in [2.45, 2.75) is 29.6 Å². The van der Waals surface area contributed by atoms with Crippen LogP contribution in [0.25, 0.3) is 9.69 Å². The van der Waals surface area contributed by atoms with Crippen molar-refractivity contribution in [2.24, 2.45) is 5.11 Å². The monoisotopic (exact) mass is 1020 g/mol. The van der Waals surface area contributed by atoms with E-state index in [1.54, 1.807) is 18.2 Å². The number of benzene rings is 5. The molecule has 8 rings (SSSR count). The average Bonchev–Trinajstić information content (AvgIpc) is 3.86. The topological polar surface area (TPSA) is 204 Å². The molecule has 2 unspecified atom stereocenters. The van der Waals surface area contributed by atoms with Gasteiger partial charge in [-0.25, -0.2) is 31.9 Å². The third kappa shape index (κ3) is 11.0. The van der Waals surface area contributed by atoms with E-state index < -0.39 is 93.5 Å². The second-order valence-corrected chi connectivity index (χ2v) is 15.5. The van der Waals surface area contributed by atoms with Crippen LogP contribution in [-0.4, -0.2) is 52.7 Å². The molecule has 16 nitrogen and oxygen atoms in total. The second kappa shape index (κ2) is 21.8. The molecule has 24 heteroatoms. The zero-order valence-electron chi connectivity index (χ0n) is 37.5. The molecule has 0 aliphatic carbocycles. The summed E-state index contributed by atoms with van der Waals surface area (Å²) < 4.78 is 131. The van der Waals surface area contributed by atoms with Crippen molar-refractivity contribution in [1.82, 2.24) is 35.1 Å². The van der Waals surface area contributed by atoms with Gasteiger partial charge in [-0.2, -0.15) is 17.6 Å². The van der Waals surface area contributed by atoms with Gasteiger partial charge in [-0.05, 0) is 83.2 Å². The first-order valence-electron chi connectivity index (χ1n) is 21.1. The summed E-state index contributed by atoms with van der Waals surface area (Å²) in [7, 11) is 0. The quantitative estimate of drug-likeness (QED) is 0.0275. The van der Waals surface area contributed by atoms with E-state index in [0.717, 1.165) is 36.7 Å². The second-order valence-electron chi connectivity index (χ2n) is 15.5. The number of carbonyl (C=O) groups excluding carboxylic acids is 1. The van der Waals surface area contributed by atoms with E-state index in [9.17, 15) is 32.6 Å². The molecule has 3 N–H and O–H groups in total. The molecule has 0 fully saturated rings. The summed E-state index contributed by atoms with van der Waals surface area (Å²) in [6.45, 7) is 11.5. The predicted octanol–water partition coefficient (Wildman–Crippen LogP) is 10.8. The number of tetrazole rings is 1. The first kappa shape index (κ1) is 52.2. The number of aromatic nitrogens is 6. The SMILES string of the molecule is [C-]#[N+]c1ccc(Oc2ccc(C(F)(F)C(O)(CN=[N+]=N)c3ccc(F)cc3F)nc2)cc1.[C-]#[N+]c1ccc(Oc2ccc(C(F)(F)C(O)(Cn3nnnc3C(=O)c3ccccc3)c3ccc(F)cc3F)nc2)cc1. The Hall–Kier alpha value is -9.61. The summed E-state index contributed by atoms with van der Waals surface area (Å²) in [6, 6.07) is 27.3. The van der Waals surface area contributed by atoms with E-state index in [-0.39, 0.29) is 17.1 Å². The van der Waals surface area contributed by atoms with Gasteiger partial charge in [-0.15, -0.1) is 5.10 Å². The normalized spacial score (nSPS) is 12.8. The Balaban J connectivity index is 0.000000225. The number of hydrogen-bond donors (Lipinski definition) is 3. The third-order valence-corrected chi connectivity index (χ3v) is 10.8. The molecule has 5 aromatic carbocycles. The van der Waals surface area contributed by atoms with Crippen LogP contribution in [0.1, 0.15) is 38.7 Å². The van der Waals surface area contributed by atoms with Crippen molar-refractivity contribution in [2.75, 3.05) is 6.54 Å². The molecule has 372 valence electrons. The number of nitrogens with zero attached hydrogens (tertiary/aromatic N) is 10. The first-order chi connectivity index (χ1) is 35.3. The number of carbonyl (C=O) groups is 1. The number of rotatable bonds is 16. The number of ether oxygens (including phenoxy) is 2. The van der Waals surface area contributed by atoms with Crippen LogP contribution in [0.2, 0.25) is 0 Å². The first-order valence-corrected chi connectivity index (χ1v) is 21.1. The molecular formula is C50H32F8N11O5+. The maximum Gasteiger partial charge on any atom is 0.324 e. The minimum atomic E-state index is -4.35. The van der Waals surface area contributed by atoms with Gasteiger partial charge in [-0.1, -0.05) is 54.6 Å². The Morgan fingerprint density at radius 1 is 0.635 bits per heavy atom. The Bertz CT molecular complexity index is 3430. The average molecular weight is 1020 g/mol. The van der Waals surface area contributed by atoms with Gasteiger partial charge < -0.3 is 19.7 Å². The highest BCUT2D eigenvalue weighted by Crippen LogP contribution is 2.48. The smallest absolute Gasteiger partial charge is 0.324 e. The number of hydrogen-bond acceptors (Lipinski definition) is 12. The number of pyridine rings is 2. The van der Waals surface area contributed by atoms with E-state index in [1.807, 2.05) is 0 Å². The van der Waals surface area contributed by atoms with Gasteiger partial charge in [0, 0.05) is 28.8 Å². The molecule has 0 saturated heterocycles. The number of alkyl halides is 4. The molecular weight excluding hydrogens is 987 g/mol. The Morgan fingerprint density at radius 2 is 1.09 bits per heavy atom. The highest BCUT2D eigenvalue weighted by molar-refractivity contribution is 6.06. The Labute approximate surface area is 412 Å². The maximum atomic E-state index is 16.3. The van der Waals surface area contributed by atoms with E-state index in [2.05, 4.69) is 45.2 Å². The molecule has 74 heavy (non-hydrogen) atoms. The van der Waals surface area contributed by atoms with Crippen molar-refractivity contribution < 1.29 is 59.6 Å². The molecule has 0 saturated carbocycles. The van der Waals surface area contributed by atoms with Gasteiger partial charge in [0.1, 0.15) is 68.3 Å². The highest BCUT2D eigenvalue weighted by Gasteiger charge is 2.59. The molecule has 0 radical (unpaired) electrons. The van der Waals surface area contributed by atoms with Crippen LogP contribution in [0, 0.1) is 41.9 Å². The number of ketones is 1. The van der Waals surface area contributed by atoms with Gasteiger partial charge in [-0.3, -0.25) is 14.8 Å². The van der Waals surface area contributed by atoms with Gasteiger partial charge in [0.15, 0.2) is 29.1 Å². The summed E-state index contributed by atoms with van der Waals surface area (Å²) in [4.78, 5) is 29.5. The van der Waals surface area contributed by atoms with Crippen molar-refractivity contribution >= 4 is 17.2 Å². The molecule has 2 atom stereocenters. The Kier molecular flexibility index (Phi) is 15.4. The summed E-state index contributed by atoms with van der Waals surface area (Å²) in [5.41, 5.74) is -3.01. The molecule has 0 aliphatic rings. The summed E-state index contributed by atoms with van der Waals surface area (Å²) in [6.07, 6.45) is 1.94. The van der Waals surface area contributed by atoms with Crippen molar-refractivity contribution in [3.63, 3.8) is 0 Å². The van der Waals surface area contributed by atoms with Crippen LogP contribution in [0.5, 0.6) is 23.0 Å². The van der Waals surface area contributed by atoms with E-state index in [4.69, 9.17) is 28.1 Å². The van der Waals surface area contributed by atoms with Crippen LogP contribution >= 0.6 is 0 Å². The van der Waals surface area contributed by atoms with Crippen LogP contribution in [-0.2, 0) is 29.6 Å². The molecule has 3 aromatic heterocycles. The zero-order valence-corrected chi connectivity index (χ0v) is 37.5. The maximum absolute atomic E-state index is 16.3.